The van der Waals surface area contributed by atoms with Crippen LogP contribution < -0.4 is 31.9 Å². The number of aliphatic carboxylic acids is 1. The van der Waals surface area contributed by atoms with Crippen LogP contribution in [0.4, 0.5) is 0 Å². The molecule has 54 heavy (non-hydrogen) atoms. The molecular weight excluding hydrogens is 717 g/mol. The Hall–Kier alpha value is -3.60. The van der Waals surface area contributed by atoms with E-state index in [1.54, 1.807) is 19.1 Å². The monoisotopic (exact) mass is 782 g/mol. The lowest BCUT2D eigenvalue weighted by atomic mass is 9.97. The van der Waals surface area contributed by atoms with Crippen LogP contribution in [0.1, 0.15) is 106 Å². The van der Waals surface area contributed by atoms with Crippen molar-refractivity contribution in [3.63, 3.8) is 0 Å². The summed E-state index contributed by atoms with van der Waals surface area (Å²) in [5.41, 5.74) is 0.722. The number of benzene rings is 1. The molecule has 308 valence electrons. The average molecular weight is 783 g/mol. The number of hydrogen-bond acceptors (Lipinski definition) is 10. The van der Waals surface area contributed by atoms with Gasteiger partial charge in [-0.2, -0.15) is 0 Å². The molecule has 0 aliphatic rings. The Morgan fingerprint density at radius 2 is 1.44 bits per heavy atom. The number of carboxylic acids is 1. The Morgan fingerprint density at radius 3 is 1.96 bits per heavy atom. The molecule has 15 nitrogen and oxygen atoms in total. The highest BCUT2D eigenvalue weighted by Gasteiger charge is 2.31. The van der Waals surface area contributed by atoms with Crippen molar-refractivity contribution in [3.8, 4) is 0 Å². The normalized spacial score (nSPS) is 15.7. The summed E-state index contributed by atoms with van der Waals surface area (Å²) in [5, 5.41) is 37.7. The lowest BCUT2D eigenvalue weighted by Crippen LogP contribution is -2.59. The minimum Gasteiger partial charge on any atom is -0.481 e. The molecular formula is C38H66N6O9S. The second kappa shape index (κ2) is 24.0. The van der Waals surface area contributed by atoms with E-state index in [2.05, 4.69) is 31.9 Å². The lowest BCUT2D eigenvalue weighted by molar-refractivity contribution is -0.137. The second-order valence-electron chi connectivity index (χ2n) is 15.0. The lowest BCUT2D eigenvalue weighted by Gasteiger charge is -2.31. The van der Waals surface area contributed by atoms with Gasteiger partial charge in [0.1, 0.15) is 18.3 Å². The van der Waals surface area contributed by atoms with Gasteiger partial charge in [0.05, 0.1) is 10.9 Å². The van der Waals surface area contributed by atoms with Crippen molar-refractivity contribution >= 4 is 39.4 Å². The minimum absolute atomic E-state index is 0.0331. The Labute approximate surface area is 321 Å². The first-order valence-corrected chi connectivity index (χ1v) is 20.9. The van der Waals surface area contributed by atoms with E-state index in [1.807, 2.05) is 48.5 Å². The van der Waals surface area contributed by atoms with Crippen LogP contribution in [0.25, 0.3) is 0 Å². The maximum atomic E-state index is 13.6. The van der Waals surface area contributed by atoms with E-state index < -0.39 is 58.0 Å². The maximum Gasteiger partial charge on any atom is 0.303 e. The van der Waals surface area contributed by atoms with Crippen molar-refractivity contribution in [2.75, 3.05) is 12.8 Å². The first kappa shape index (κ1) is 48.4. The Bertz CT molecular complexity index is 1460. The van der Waals surface area contributed by atoms with Gasteiger partial charge in [-0.25, -0.2) is 8.42 Å². The summed E-state index contributed by atoms with van der Waals surface area (Å²) in [5.74, 6) is -2.83. The van der Waals surface area contributed by atoms with Crippen LogP contribution in [-0.2, 0) is 40.4 Å². The zero-order valence-electron chi connectivity index (χ0n) is 33.5. The van der Waals surface area contributed by atoms with E-state index >= 15 is 0 Å². The Morgan fingerprint density at radius 1 is 0.815 bits per heavy atom. The molecule has 1 aromatic carbocycles. The predicted octanol–water partition coefficient (Wildman–Crippen LogP) is 2.22. The van der Waals surface area contributed by atoms with E-state index in [4.69, 9.17) is 5.11 Å². The fourth-order valence-corrected chi connectivity index (χ4v) is 6.35. The molecule has 4 amide bonds. The summed E-state index contributed by atoms with van der Waals surface area (Å²) in [6, 6.07) is 2.87. The standard InChI is InChI=1S/C38H66N6O9S/c1-10-13-30(42-38(51)34(25(7)11-2)43-31(45)14-12-15-32(46)47)36(49)41-28(20-23(3)4)22-39-26(8)35(48)44-33(24(5)6)37(50)40-21-27-16-18-29(19-17-27)54(9,52)53/h16-19,23-26,28,30,33-35,39,44,48H,10-15,20-22H2,1-9H3,(H,40,50)(H,41,49)(H,42,51)(H,43,45)(H,46,47)/t25-,26-,28?,30-,33-,34-,35?/m0/s1. The van der Waals surface area contributed by atoms with Gasteiger partial charge in [-0.15, -0.1) is 0 Å². The van der Waals surface area contributed by atoms with Gasteiger partial charge in [-0.1, -0.05) is 73.4 Å². The van der Waals surface area contributed by atoms with Gasteiger partial charge < -0.3 is 36.8 Å². The third kappa shape index (κ3) is 18.2. The number of hydrogen-bond donors (Lipinski definition) is 8. The number of carboxylic acid groups (broad SMARTS) is 1. The molecule has 0 radical (unpaired) electrons. The smallest absolute Gasteiger partial charge is 0.303 e. The van der Waals surface area contributed by atoms with Crippen LogP contribution in [-0.4, -0.2) is 97.5 Å². The van der Waals surface area contributed by atoms with Gasteiger partial charge in [0, 0.05) is 44.3 Å². The molecule has 2 unspecified atom stereocenters. The molecule has 0 aliphatic heterocycles. The van der Waals surface area contributed by atoms with Crippen molar-refractivity contribution in [2.24, 2.45) is 17.8 Å². The average Bonchev–Trinajstić information content (AvgIpc) is 3.09. The highest BCUT2D eigenvalue weighted by atomic mass is 32.2. The van der Waals surface area contributed by atoms with Gasteiger partial charge in [0.2, 0.25) is 23.6 Å². The Kier molecular flexibility index (Phi) is 21.5. The summed E-state index contributed by atoms with van der Waals surface area (Å²) < 4.78 is 23.5. The number of carbonyl (C=O) groups is 5. The number of aliphatic hydroxyl groups excluding tert-OH is 1. The van der Waals surface area contributed by atoms with Crippen LogP contribution in [0.5, 0.6) is 0 Å². The first-order chi connectivity index (χ1) is 25.2. The van der Waals surface area contributed by atoms with E-state index in [9.17, 15) is 37.5 Å². The molecule has 1 aromatic rings. The SMILES string of the molecule is CCC[C@H](NC(=O)[C@@H](NC(=O)CCCC(=O)O)[C@@H](C)CC)C(=O)NC(CN[C@@H](C)C(O)N[C@H](C(=O)NCc1ccc(S(C)(=O)=O)cc1)C(C)C)CC(C)C. The topological polar surface area (TPSA) is 232 Å². The van der Waals surface area contributed by atoms with Crippen molar-refractivity contribution in [3.05, 3.63) is 29.8 Å². The highest BCUT2D eigenvalue weighted by Crippen LogP contribution is 2.13. The number of nitrogens with one attached hydrogen (secondary N) is 6. The van der Waals surface area contributed by atoms with Gasteiger partial charge >= 0.3 is 5.97 Å². The molecule has 0 heterocycles. The highest BCUT2D eigenvalue weighted by molar-refractivity contribution is 7.90. The van der Waals surface area contributed by atoms with Gasteiger partial charge in [-0.05, 0) is 61.6 Å². The summed E-state index contributed by atoms with van der Waals surface area (Å²) in [4.78, 5) is 63.8. The summed E-state index contributed by atoms with van der Waals surface area (Å²) >= 11 is 0. The quantitative estimate of drug-likeness (QED) is 0.0635. The predicted molar refractivity (Wildman–Crippen MR) is 208 cm³/mol. The van der Waals surface area contributed by atoms with Crippen molar-refractivity contribution in [2.45, 2.75) is 148 Å². The summed E-state index contributed by atoms with van der Waals surface area (Å²) in [7, 11) is -3.34. The molecule has 0 aromatic heterocycles. The summed E-state index contributed by atoms with van der Waals surface area (Å²) in [6.45, 7) is 15.6. The molecule has 0 bridgehead atoms. The molecule has 1 rings (SSSR count). The minimum atomic E-state index is -3.34. The van der Waals surface area contributed by atoms with E-state index in [0.29, 0.717) is 32.2 Å². The van der Waals surface area contributed by atoms with Crippen LogP contribution >= 0.6 is 0 Å². The van der Waals surface area contributed by atoms with Gasteiger partial charge in [-0.3, -0.25) is 29.3 Å². The van der Waals surface area contributed by atoms with E-state index in [1.165, 1.54) is 12.1 Å². The fraction of sp³-hybridized carbons (Fsp3) is 0.711. The molecule has 0 spiro atoms. The molecule has 0 fully saturated rings. The van der Waals surface area contributed by atoms with E-state index in [-0.39, 0.29) is 66.3 Å². The first-order valence-electron chi connectivity index (χ1n) is 19.1. The van der Waals surface area contributed by atoms with Crippen molar-refractivity contribution < 1.29 is 42.6 Å². The molecule has 0 saturated carbocycles. The maximum absolute atomic E-state index is 13.6. The van der Waals surface area contributed by atoms with Gasteiger partial charge in [0.25, 0.3) is 0 Å². The molecule has 0 saturated heterocycles. The zero-order chi connectivity index (χ0) is 41.2. The molecule has 0 aliphatic carbocycles. The largest absolute Gasteiger partial charge is 0.481 e. The number of aliphatic hydroxyl groups is 1. The molecule has 7 atom stereocenters. The number of rotatable bonds is 26. The van der Waals surface area contributed by atoms with Crippen LogP contribution in [0.3, 0.4) is 0 Å². The van der Waals surface area contributed by atoms with Crippen LogP contribution in [0.15, 0.2) is 29.2 Å². The zero-order valence-corrected chi connectivity index (χ0v) is 34.3. The van der Waals surface area contributed by atoms with E-state index in [0.717, 1.165) is 11.8 Å². The van der Waals surface area contributed by atoms with Crippen LogP contribution in [0, 0.1) is 17.8 Å². The third-order valence-corrected chi connectivity index (χ3v) is 10.3. The number of amides is 4. The Balaban J connectivity index is 2.90. The molecule has 16 heteroatoms. The second-order valence-corrected chi connectivity index (χ2v) is 17.0. The van der Waals surface area contributed by atoms with Gasteiger partial charge in [0.15, 0.2) is 9.84 Å². The number of carbonyl (C=O) groups excluding carboxylic acids is 4. The van der Waals surface area contributed by atoms with Crippen molar-refractivity contribution in [1.29, 1.82) is 0 Å². The van der Waals surface area contributed by atoms with Crippen LogP contribution in [0.2, 0.25) is 0 Å². The number of sulfone groups is 1. The van der Waals surface area contributed by atoms with Crippen molar-refractivity contribution in [1.82, 2.24) is 31.9 Å². The summed E-state index contributed by atoms with van der Waals surface area (Å²) in [6.07, 6.45) is 2.12. The molecule has 8 N–H and O–H groups in total. The third-order valence-electron chi connectivity index (χ3n) is 9.20. The fourth-order valence-electron chi connectivity index (χ4n) is 5.72.